The first-order valence-electron chi connectivity index (χ1n) is 5.99. The Labute approximate surface area is 110 Å². The Morgan fingerprint density at radius 3 is 2.32 bits per heavy atom. The topological polar surface area (TPSA) is 62.8 Å². The van der Waals surface area contributed by atoms with E-state index >= 15 is 0 Å². The van der Waals surface area contributed by atoms with Gasteiger partial charge in [0.05, 0.1) is 19.6 Å². The quantitative estimate of drug-likeness (QED) is 0.868. The van der Waals surface area contributed by atoms with E-state index in [1.165, 1.54) is 19.6 Å². The van der Waals surface area contributed by atoms with Gasteiger partial charge in [-0.05, 0) is 17.2 Å². The summed E-state index contributed by atoms with van der Waals surface area (Å²) in [6, 6.07) is 8.98. The zero-order chi connectivity index (χ0) is 13.4. The predicted molar refractivity (Wildman–Crippen MR) is 69.0 cm³/mol. The van der Waals surface area contributed by atoms with Crippen LogP contribution in [0.4, 0.5) is 0 Å². The molecule has 0 saturated carbocycles. The number of ether oxygens (including phenoxy) is 1. The Kier molecular flexibility index (Phi) is 2.89. The summed E-state index contributed by atoms with van der Waals surface area (Å²) in [7, 11) is 1.49. The number of benzene rings is 1. The predicted octanol–water partition coefficient (Wildman–Crippen LogP) is 2.42. The number of hydrogen-bond acceptors (Lipinski definition) is 4. The van der Waals surface area contributed by atoms with Crippen molar-refractivity contribution in [2.45, 2.75) is 12.2 Å². The van der Waals surface area contributed by atoms with Crippen molar-refractivity contribution >= 4 is 5.57 Å². The van der Waals surface area contributed by atoms with Gasteiger partial charge in [0, 0.05) is 11.1 Å². The largest absolute Gasteiger partial charge is 0.498 e. The van der Waals surface area contributed by atoms with Gasteiger partial charge < -0.3 is 19.4 Å². The summed E-state index contributed by atoms with van der Waals surface area (Å²) in [5.41, 5.74) is 2.60. The average Bonchev–Trinajstić information content (AvgIpc) is 2.96. The van der Waals surface area contributed by atoms with Crippen molar-refractivity contribution in [3.63, 3.8) is 0 Å². The zero-order valence-electron chi connectivity index (χ0n) is 10.4. The first kappa shape index (κ1) is 12.0. The van der Waals surface area contributed by atoms with E-state index in [9.17, 15) is 10.2 Å². The molecular weight excluding hydrogens is 244 g/mol. The van der Waals surface area contributed by atoms with Crippen molar-refractivity contribution < 1.29 is 19.4 Å². The molecule has 1 heterocycles. The van der Waals surface area contributed by atoms with Crippen molar-refractivity contribution in [3.8, 4) is 0 Å². The van der Waals surface area contributed by atoms with Gasteiger partial charge in [-0.1, -0.05) is 24.3 Å². The molecule has 0 fully saturated rings. The van der Waals surface area contributed by atoms with Crippen molar-refractivity contribution in [2.75, 3.05) is 7.11 Å². The van der Waals surface area contributed by atoms with Crippen LogP contribution in [0, 0.1) is 0 Å². The molecule has 1 aromatic carbocycles. The second kappa shape index (κ2) is 4.57. The lowest BCUT2D eigenvalue weighted by atomic mass is 9.83. The van der Waals surface area contributed by atoms with Gasteiger partial charge in [0.2, 0.25) is 0 Å². The molecule has 3 rings (SSSR count). The van der Waals surface area contributed by atoms with E-state index in [4.69, 9.17) is 9.15 Å². The third-order valence-electron chi connectivity index (χ3n) is 3.42. The Morgan fingerprint density at radius 1 is 1.05 bits per heavy atom. The van der Waals surface area contributed by atoms with E-state index in [-0.39, 0.29) is 0 Å². The van der Waals surface area contributed by atoms with Crippen LogP contribution >= 0.6 is 0 Å². The van der Waals surface area contributed by atoms with Crippen molar-refractivity contribution in [2.24, 2.45) is 0 Å². The smallest absolute Gasteiger partial charge is 0.137 e. The van der Waals surface area contributed by atoms with Gasteiger partial charge in [0.1, 0.15) is 18.0 Å². The molecule has 0 bridgehead atoms. The molecule has 2 atom stereocenters. The normalized spacial score (nSPS) is 22.3. The summed E-state index contributed by atoms with van der Waals surface area (Å²) in [6.45, 7) is 0. The second-order valence-corrected chi connectivity index (χ2v) is 4.43. The highest BCUT2D eigenvalue weighted by Crippen LogP contribution is 2.44. The number of aliphatic hydroxyl groups is 2. The zero-order valence-corrected chi connectivity index (χ0v) is 10.4. The van der Waals surface area contributed by atoms with Crippen LogP contribution < -0.4 is 0 Å². The summed E-state index contributed by atoms with van der Waals surface area (Å²) in [5, 5.41) is 20.9. The fourth-order valence-corrected chi connectivity index (χ4v) is 2.53. The molecule has 2 aromatic rings. The maximum Gasteiger partial charge on any atom is 0.137 e. The van der Waals surface area contributed by atoms with E-state index < -0.39 is 12.2 Å². The summed E-state index contributed by atoms with van der Waals surface area (Å²) >= 11 is 0. The van der Waals surface area contributed by atoms with E-state index in [0.717, 1.165) is 0 Å². The molecule has 2 N–H and O–H groups in total. The van der Waals surface area contributed by atoms with Crippen LogP contribution in [0.2, 0.25) is 0 Å². The third-order valence-corrected chi connectivity index (χ3v) is 3.42. The summed E-state index contributed by atoms with van der Waals surface area (Å²) in [6.07, 6.45) is 1.33. The maximum absolute atomic E-state index is 10.5. The number of hydrogen-bond donors (Lipinski definition) is 2. The Bertz CT molecular complexity index is 613. The van der Waals surface area contributed by atoms with Crippen molar-refractivity contribution in [1.29, 1.82) is 0 Å². The standard InChI is InChI=1S/C15H14O4/c1-18-15-12(9-6-7-19-8-9)13(16)10-4-2-3-5-11(10)14(15)17/h2-8,13-14,16-17H,1H3. The fourth-order valence-electron chi connectivity index (χ4n) is 2.53. The molecule has 19 heavy (non-hydrogen) atoms. The van der Waals surface area contributed by atoms with Crippen LogP contribution in [0.3, 0.4) is 0 Å². The van der Waals surface area contributed by atoms with Gasteiger partial charge >= 0.3 is 0 Å². The SMILES string of the molecule is COC1=C(c2ccoc2)C(O)c2ccccc2C1O. The van der Waals surface area contributed by atoms with E-state index in [2.05, 4.69) is 0 Å². The Balaban J connectivity index is 2.21. The lowest BCUT2D eigenvalue weighted by Gasteiger charge is -2.30. The minimum absolute atomic E-state index is 0.354. The van der Waals surface area contributed by atoms with Gasteiger partial charge in [-0.3, -0.25) is 0 Å². The Morgan fingerprint density at radius 2 is 1.74 bits per heavy atom. The summed E-state index contributed by atoms with van der Waals surface area (Å²) in [4.78, 5) is 0. The number of methoxy groups -OCH3 is 1. The van der Waals surface area contributed by atoms with Crippen LogP contribution in [0.5, 0.6) is 0 Å². The van der Waals surface area contributed by atoms with E-state index in [1.54, 1.807) is 18.2 Å². The van der Waals surface area contributed by atoms with Crippen molar-refractivity contribution in [1.82, 2.24) is 0 Å². The molecule has 4 heteroatoms. The highest BCUT2D eigenvalue weighted by atomic mass is 16.5. The number of furan rings is 1. The van der Waals surface area contributed by atoms with Gasteiger partial charge in [0.25, 0.3) is 0 Å². The molecular formula is C15H14O4. The fraction of sp³-hybridized carbons (Fsp3) is 0.200. The monoisotopic (exact) mass is 258 g/mol. The molecule has 0 spiro atoms. The van der Waals surface area contributed by atoms with Crippen LogP contribution in [-0.2, 0) is 4.74 Å². The van der Waals surface area contributed by atoms with Crippen LogP contribution in [-0.4, -0.2) is 17.3 Å². The van der Waals surface area contributed by atoms with E-state index in [1.807, 2.05) is 12.1 Å². The minimum Gasteiger partial charge on any atom is -0.498 e. The van der Waals surface area contributed by atoms with Crippen LogP contribution in [0.1, 0.15) is 28.9 Å². The minimum atomic E-state index is -0.880. The van der Waals surface area contributed by atoms with Crippen LogP contribution in [0.15, 0.2) is 53.0 Å². The molecule has 0 amide bonds. The summed E-state index contributed by atoms with van der Waals surface area (Å²) < 4.78 is 10.3. The highest BCUT2D eigenvalue weighted by molar-refractivity contribution is 5.75. The van der Waals surface area contributed by atoms with Crippen molar-refractivity contribution in [3.05, 3.63) is 65.3 Å². The first-order chi connectivity index (χ1) is 9.24. The lowest BCUT2D eigenvalue weighted by molar-refractivity contribution is 0.114. The highest BCUT2D eigenvalue weighted by Gasteiger charge is 2.34. The number of aliphatic hydroxyl groups excluding tert-OH is 2. The summed E-state index contributed by atoms with van der Waals surface area (Å²) in [5.74, 6) is 0.354. The molecule has 4 nitrogen and oxygen atoms in total. The van der Waals surface area contributed by atoms with Gasteiger partial charge in [-0.15, -0.1) is 0 Å². The third kappa shape index (κ3) is 1.77. The molecule has 0 saturated heterocycles. The maximum atomic E-state index is 10.5. The molecule has 1 aliphatic rings. The Hall–Kier alpha value is -2.04. The number of fused-ring (bicyclic) bond motifs is 1. The lowest BCUT2D eigenvalue weighted by Crippen LogP contribution is -2.19. The average molecular weight is 258 g/mol. The second-order valence-electron chi connectivity index (χ2n) is 4.43. The van der Waals surface area contributed by atoms with Gasteiger partial charge in [-0.25, -0.2) is 0 Å². The first-order valence-corrected chi connectivity index (χ1v) is 5.99. The molecule has 98 valence electrons. The molecule has 2 unspecified atom stereocenters. The number of rotatable bonds is 2. The van der Waals surface area contributed by atoms with E-state index in [0.29, 0.717) is 28.0 Å². The molecule has 0 aliphatic heterocycles. The van der Waals surface area contributed by atoms with Crippen LogP contribution in [0.25, 0.3) is 5.57 Å². The molecule has 1 aliphatic carbocycles. The molecule has 1 aromatic heterocycles. The van der Waals surface area contributed by atoms with Gasteiger partial charge in [0.15, 0.2) is 0 Å². The van der Waals surface area contributed by atoms with Gasteiger partial charge in [-0.2, -0.15) is 0 Å². The molecule has 0 radical (unpaired) electrons.